The first-order valence-corrected chi connectivity index (χ1v) is 9.56. The molecule has 2 atom stereocenters. The van der Waals surface area contributed by atoms with Gasteiger partial charge in [-0.2, -0.15) is 5.26 Å². The Morgan fingerprint density at radius 1 is 1.50 bits per heavy atom. The fourth-order valence-corrected chi connectivity index (χ4v) is 3.58. The number of fused-ring (bicyclic) bond motifs is 1. The lowest BCUT2D eigenvalue weighted by Gasteiger charge is -2.26. The Morgan fingerprint density at radius 2 is 2.25 bits per heavy atom. The van der Waals surface area contributed by atoms with E-state index in [1.807, 2.05) is 34.9 Å². The summed E-state index contributed by atoms with van der Waals surface area (Å²) in [6, 6.07) is 9.26. The Morgan fingerprint density at radius 3 is 2.93 bits per heavy atom. The average Bonchev–Trinajstić information content (AvgIpc) is 3.09. The van der Waals surface area contributed by atoms with Crippen LogP contribution in [0.15, 0.2) is 42.1 Å². The summed E-state index contributed by atoms with van der Waals surface area (Å²) in [7, 11) is 0. The molecule has 144 valence electrons. The fourth-order valence-electron chi connectivity index (χ4n) is 2.72. The molecule has 8 nitrogen and oxygen atoms in total. The zero-order chi connectivity index (χ0) is 20.1. The third kappa shape index (κ3) is 4.07. The highest BCUT2D eigenvalue weighted by Gasteiger charge is 2.29. The van der Waals surface area contributed by atoms with Crippen molar-refractivity contribution in [3.8, 4) is 17.6 Å². The van der Waals surface area contributed by atoms with Crippen LogP contribution in [-0.2, 0) is 11.3 Å². The van der Waals surface area contributed by atoms with Crippen molar-refractivity contribution >= 4 is 23.3 Å². The normalized spacial score (nSPS) is 16.1. The summed E-state index contributed by atoms with van der Waals surface area (Å²) in [4.78, 5) is 12.2. The topological polar surface area (TPSA) is 114 Å². The molecule has 0 radical (unpaired) electrons. The van der Waals surface area contributed by atoms with Gasteiger partial charge in [0.05, 0.1) is 11.8 Å². The van der Waals surface area contributed by atoms with Crippen LogP contribution in [0, 0.1) is 22.7 Å². The minimum atomic E-state index is -1.03. The van der Waals surface area contributed by atoms with Crippen molar-refractivity contribution in [2.24, 2.45) is 5.92 Å². The number of nitrogens with one attached hydrogen (secondary N) is 1. The maximum atomic E-state index is 12.2. The van der Waals surface area contributed by atoms with Crippen LogP contribution < -0.4 is 9.47 Å². The van der Waals surface area contributed by atoms with Crippen LogP contribution in [0.25, 0.3) is 0 Å². The van der Waals surface area contributed by atoms with E-state index in [4.69, 9.17) is 20.1 Å². The first kappa shape index (κ1) is 19.6. The molecule has 2 aromatic rings. The number of thioether (sulfide) groups is 1. The van der Waals surface area contributed by atoms with E-state index in [1.54, 1.807) is 6.08 Å². The van der Waals surface area contributed by atoms with Gasteiger partial charge in [-0.1, -0.05) is 30.0 Å². The average molecular weight is 397 g/mol. The standard InChI is InChI=1S/C19H19N5O3S/c1-3-8-24-18(17-10-26-15-6-4-5-7-16(15)27-17)22-23-19(24)28-11-14(25)13(9-20)12(2)21/h3-7,13,17,21H,1,8,10-11H2,2H3/t13?,17-/m1/s1. The highest BCUT2D eigenvalue weighted by atomic mass is 32.2. The monoisotopic (exact) mass is 397 g/mol. The number of hydrogen-bond donors (Lipinski definition) is 1. The van der Waals surface area contributed by atoms with Gasteiger partial charge in [-0.3, -0.25) is 9.36 Å². The van der Waals surface area contributed by atoms with Crippen molar-refractivity contribution < 1.29 is 14.3 Å². The van der Waals surface area contributed by atoms with E-state index in [9.17, 15) is 4.79 Å². The van der Waals surface area contributed by atoms with Gasteiger partial charge in [-0.05, 0) is 19.1 Å². The minimum absolute atomic E-state index is 0.0224. The van der Waals surface area contributed by atoms with Crippen molar-refractivity contribution in [2.45, 2.75) is 24.7 Å². The maximum absolute atomic E-state index is 12.2. The highest BCUT2D eigenvalue weighted by Crippen LogP contribution is 2.36. The van der Waals surface area contributed by atoms with Gasteiger partial charge < -0.3 is 14.9 Å². The van der Waals surface area contributed by atoms with Crippen LogP contribution in [-0.4, -0.2) is 38.6 Å². The predicted octanol–water partition coefficient (Wildman–Crippen LogP) is 2.82. The van der Waals surface area contributed by atoms with Crippen LogP contribution in [0.4, 0.5) is 0 Å². The SMILES string of the molecule is C=CCn1c(SCC(=O)C(C#N)C(C)=N)nnc1[C@H]1COc2ccccc2O1. The maximum Gasteiger partial charge on any atom is 0.192 e. The number of nitriles is 1. The van der Waals surface area contributed by atoms with Crippen molar-refractivity contribution in [3.05, 3.63) is 42.7 Å². The van der Waals surface area contributed by atoms with Crippen molar-refractivity contribution in [3.63, 3.8) is 0 Å². The molecule has 0 spiro atoms. The van der Waals surface area contributed by atoms with Gasteiger partial charge >= 0.3 is 0 Å². The number of nitrogens with zero attached hydrogens (tertiary/aromatic N) is 4. The number of para-hydroxylation sites is 2. The lowest BCUT2D eigenvalue weighted by Crippen LogP contribution is -2.25. The van der Waals surface area contributed by atoms with E-state index in [0.717, 1.165) is 0 Å². The smallest absolute Gasteiger partial charge is 0.192 e. The van der Waals surface area contributed by atoms with E-state index in [0.29, 0.717) is 35.6 Å². The first-order chi connectivity index (χ1) is 13.5. The number of ketones is 1. The van der Waals surface area contributed by atoms with Crippen molar-refractivity contribution in [1.29, 1.82) is 10.7 Å². The summed E-state index contributed by atoms with van der Waals surface area (Å²) in [5.41, 5.74) is 0.0350. The van der Waals surface area contributed by atoms with Crippen LogP contribution in [0.3, 0.4) is 0 Å². The van der Waals surface area contributed by atoms with Gasteiger partial charge in [0.25, 0.3) is 0 Å². The number of hydrogen-bond acceptors (Lipinski definition) is 8. The molecule has 0 aliphatic carbocycles. The zero-order valence-electron chi connectivity index (χ0n) is 15.3. The summed E-state index contributed by atoms with van der Waals surface area (Å²) in [6.45, 7) is 5.94. The lowest BCUT2D eigenvalue weighted by molar-refractivity contribution is -0.117. The molecular formula is C19H19N5O3S. The molecule has 3 rings (SSSR count). The summed E-state index contributed by atoms with van der Waals surface area (Å²) < 4.78 is 13.6. The van der Waals surface area contributed by atoms with E-state index in [-0.39, 0.29) is 17.2 Å². The fraction of sp³-hybridized carbons (Fsp3) is 0.316. The third-order valence-corrected chi connectivity index (χ3v) is 5.07. The van der Waals surface area contributed by atoms with Gasteiger partial charge in [0, 0.05) is 12.3 Å². The molecule has 28 heavy (non-hydrogen) atoms. The quantitative estimate of drug-likeness (QED) is 0.414. The molecule has 1 N–H and O–H groups in total. The Bertz CT molecular complexity index is 949. The number of rotatable bonds is 8. The lowest BCUT2D eigenvalue weighted by atomic mass is 10.0. The molecule has 0 fully saturated rings. The zero-order valence-corrected chi connectivity index (χ0v) is 16.1. The number of carbonyl (C=O) groups excluding carboxylic acids is 1. The second-order valence-electron chi connectivity index (χ2n) is 6.10. The molecule has 0 amide bonds. The molecule has 1 aliphatic heterocycles. The minimum Gasteiger partial charge on any atom is -0.485 e. The van der Waals surface area contributed by atoms with E-state index >= 15 is 0 Å². The van der Waals surface area contributed by atoms with Gasteiger partial charge in [0.15, 0.2) is 34.4 Å². The van der Waals surface area contributed by atoms with Crippen molar-refractivity contribution in [1.82, 2.24) is 14.8 Å². The predicted molar refractivity (Wildman–Crippen MR) is 104 cm³/mol. The number of benzene rings is 1. The highest BCUT2D eigenvalue weighted by molar-refractivity contribution is 7.99. The first-order valence-electron chi connectivity index (χ1n) is 8.57. The second-order valence-corrected chi connectivity index (χ2v) is 7.05. The number of allylic oxidation sites excluding steroid dienone is 1. The van der Waals surface area contributed by atoms with Crippen molar-refractivity contribution in [2.75, 3.05) is 12.4 Å². The molecule has 0 saturated heterocycles. The van der Waals surface area contributed by atoms with Gasteiger partial charge in [-0.15, -0.1) is 16.8 Å². The van der Waals surface area contributed by atoms with Gasteiger partial charge in [0.1, 0.15) is 12.5 Å². The molecule has 2 heterocycles. The molecule has 1 aliphatic rings. The van der Waals surface area contributed by atoms with Gasteiger partial charge in [-0.25, -0.2) is 0 Å². The molecule has 1 unspecified atom stereocenters. The van der Waals surface area contributed by atoms with Crippen LogP contribution >= 0.6 is 11.8 Å². The Balaban J connectivity index is 1.77. The second kappa shape index (κ2) is 8.71. The summed E-state index contributed by atoms with van der Waals surface area (Å²) in [5, 5.41) is 25.5. The molecule has 1 aromatic carbocycles. The Kier molecular flexibility index (Phi) is 6.11. The third-order valence-electron chi connectivity index (χ3n) is 4.08. The molecule has 1 aromatic heterocycles. The molecule has 9 heteroatoms. The summed E-state index contributed by atoms with van der Waals surface area (Å²) in [6.07, 6.45) is 1.26. The van der Waals surface area contributed by atoms with Gasteiger partial charge in [0.2, 0.25) is 0 Å². The molecular weight excluding hydrogens is 378 g/mol. The van der Waals surface area contributed by atoms with E-state index in [2.05, 4.69) is 16.8 Å². The number of aromatic nitrogens is 3. The van der Waals surface area contributed by atoms with E-state index < -0.39 is 12.0 Å². The Hall–Kier alpha value is -3.12. The summed E-state index contributed by atoms with van der Waals surface area (Å²) >= 11 is 1.17. The number of ether oxygens (including phenoxy) is 2. The summed E-state index contributed by atoms with van der Waals surface area (Å²) in [5.74, 6) is 0.543. The Labute approximate surface area is 166 Å². The van der Waals surface area contributed by atoms with Crippen LogP contribution in [0.1, 0.15) is 18.9 Å². The van der Waals surface area contributed by atoms with Crippen LogP contribution in [0.5, 0.6) is 11.5 Å². The van der Waals surface area contributed by atoms with E-state index in [1.165, 1.54) is 18.7 Å². The largest absolute Gasteiger partial charge is 0.485 e. The number of carbonyl (C=O) groups is 1. The molecule has 0 saturated carbocycles. The molecule has 0 bridgehead atoms. The number of Topliss-reactive ketones (excluding diaryl/α,β-unsaturated/α-hetero) is 1. The van der Waals surface area contributed by atoms with Crippen LogP contribution in [0.2, 0.25) is 0 Å².